The fourth-order valence-corrected chi connectivity index (χ4v) is 3.94. The van der Waals surface area contributed by atoms with Gasteiger partial charge < -0.3 is 19.7 Å². The van der Waals surface area contributed by atoms with Gasteiger partial charge in [-0.3, -0.25) is 9.59 Å². The third-order valence-electron chi connectivity index (χ3n) is 5.79. The summed E-state index contributed by atoms with van der Waals surface area (Å²) >= 11 is 0. The largest absolute Gasteiger partial charge is 0.493 e. The summed E-state index contributed by atoms with van der Waals surface area (Å²) in [6, 6.07) is 24.1. The van der Waals surface area contributed by atoms with Gasteiger partial charge in [0.1, 0.15) is 6.04 Å². The van der Waals surface area contributed by atoms with Gasteiger partial charge in [0.05, 0.1) is 7.11 Å². The summed E-state index contributed by atoms with van der Waals surface area (Å²) in [5, 5.41) is 3.07. The van der Waals surface area contributed by atoms with E-state index in [2.05, 4.69) is 5.32 Å². The molecule has 0 heterocycles. The molecule has 36 heavy (non-hydrogen) atoms. The van der Waals surface area contributed by atoms with Crippen LogP contribution in [0.1, 0.15) is 37.5 Å². The first-order valence-corrected chi connectivity index (χ1v) is 12.1. The smallest absolute Gasteiger partial charge is 0.261 e. The Balaban J connectivity index is 1.95. The van der Waals surface area contributed by atoms with E-state index >= 15 is 0 Å². The van der Waals surface area contributed by atoms with Gasteiger partial charge in [-0.25, -0.2) is 0 Å². The summed E-state index contributed by atoms with van der Waals surface area (Å²) in [6.45, 7) is 7.87. The molecule has 0 saturated heterocycles. The van der Waals surface area contributed by atoms with E-state index in [-0.39, 0.29) is 25.0 Å². The number of ether oxygens (including phenoxy) is 2. The summed E-state index contributed by atoms with van der Waals surface area (Å²) in [6.07, 6.45) is 0.384. The van der Waals surface area contributed by atoms with Gasteiger partial charge in [0, 0.05) is 18.5 Å². The average molecular weight is 489 g/mol. The molecule has 0 aromatic heterocycles. The number of para-hydroxylation sites is 2. The van der Waals surface area contributed by atoms with Crippen molar-refractivity contribution in [3.63, 3.8) is 0 Å². The molecule has 2 amide bonds. The SMILES string of the molecule is COc1ccccc1OCC(=O)N(Cc1ccccc1C)[C@H](Cc1ccccc1)C(=O)NC(C)(C)C. The molecular formula is C30H36N2O4. The van der Waals surface area contributed by atoms with E-state index in [9.17, 15) is 9.59 Å². The number of carbonyl (C=O) groups is 2. The van der Waals surface area contributed by atoms with E-state index in [0.717, 1.165) is 16.7 Å². The quantitative estimate of drug-likeness (QED) is 0.439. The minimum absolute atomic E-state index is 0.203. The van der Waals surface area contributed by atoms with Crippen molar-refractivity contribution in [1.82, 2.24) is 10.2 Å². The molecule has 0 saturated carbocycles. The molecule has 3 aromatic carbocycles. The third-order valence-corrected chi connectivity index (χ3v) is 5.79. The van der Waals surface area contributed by atoms with Crippen molar-refractivity contribution < 1.29 is 19.1 Å². The van der Waals surface area contributed by atoms with Crippen LogP contribution >= 0.6 is 0 Å². The van der Waals surface area contributed by atoms with Crippen LogP contribution in [0.3, 0.4) is 0 Å². The number of methoxy groups -OCH3 is 1. The Morgan fingerprint density at radius 2 is 1.50 bits per heavy atom. The second kappa shape index (κ2) is 12.2. The van der Waals surface area contributed by atoms with Gasteiger partial charge in [-0.1, -0.05) is 66.7 Å². The van der Waals surface area contributed by atoms with Crippen molar-refractivity contribution in [2.75, 3.05) is 13.7 Å². The van der Waals surface area contributed by atoms with Crippen molar-refractivity contribution in [2.24, 2.45) is 0 Å². The van der Waals surface area contributed by atoms with Crippen LogP contribution in [0, 0.1) is 6.92 Å². The maximum absolute atomic E-state index is 13.7. The van der Waals surface area contributed by atoms with Gasteiger partial charge in [0.25, 0.3) is 5.91 Å². The molecule has 0 bridgehead atoms. The van der Waals surface area contributed by atoms with Gasteiger partial charge in [0.15, 0.2) is 18.1 Å². The van der Waals surface area contributed by atoms with Crippen molar-refractivity contribution in [1.29, 1.82) is 0 Å². The number of hydrogen-bond donors (Lipinski definition) is 1. The lowest BCUT2D eigenvalue weighted by atomic mass is 10.00. The molecule has 0 aliphatic heterocycles. The summed E-state index contributed by atoms with van der Waals surface area (Å²) in [5.74, 6) is 0.532. The van der Waals surface area contributed by atoms with Gasteiger partial charge in [-0.15, -0.1) is 0 Å². The minimum Gasteiger partial charge on any atom is -0.493 e. The monoisotopic (exact) mass is 488 g/mol. The predicted molar refractivity (Wildman–Crippen MR) is 142 cm³/mol. The fourth-order valence-electron chi connectivity index (χ4n) is 3.94. The average Bonchev–Trinajstić information content (AvgIpc) is 2.85. The highest BCUT2D eigenvalue weighted by Gasteiger charge is 2.32. The summed E-state index contributed by atoms with van der Waals surface area (Å²) in [4.78, 5) is 28.9. The molecule has 0 radical (unpaired) electrons. The highest BCUT2D eigenvalue weighted by atomic mass is 16.5. The number of nitrogens with one attached hydrogen (secondary N) is 1. The van der Waals surface area contributed by atoms with Crippen LogP contribution < -0.4 is 14.8 Å². The van der Waals surface area contributed by atoms with E-state index in [1.165, 1.54) is 0 Å². The maximum Gasteiger partial charge on any atom is 0.261 e. The number of carbonyl (C=O) groups excluding carboxylic acids is 2. The van der Waals surface area contributed by atoms with Crippen LogP contribution in [0.15, 0.2) is 78.9 Å². The number of hydrogen-bond acceptors (Lipinski definition) is 4. The number of nitrogens with zero attached hydrogens (tertiary/aromatic N) is 1. The Morgan fingerprint density at radius 1 is 0.889 bits per heavy atom. The Labute approximate surface area is 214 Å². The van der Waals surface area contributed by atoms with E-state index in [1.54, 1.807) is 24.1 Å². The van der Waals surface area contributed by atoms with E-state index in [0.29, 0.717) is 17.9 Å². The molecular weight excluding hydrogens is 452 g/mol. The lowest BCUT2D eigenvalue weighted by Gasteiger charge is -2.34. The van der Waals surface area contributed by atoms with Crippen molar-refractivity contribution >= 4 is 11.8 Å². The third kappa shape index (κ3) is 7.60. The lowest BCUT2D eigenvalue weighted by Crippen LogP contribution is -2.55. The van der Waals surface area contributed by atoms with Crippen molar-refractivity contribution in [2.45, 2.75) is 52.2 Å². The molecule has 6 nitrogen and oxygen atoms in total. The van der Waals surface area contributed by atoms with E-state index in [4.69, 9.17) is 9.47 Å². The summed E-state index contributed by atoms with van der Waals surface area (Å²) in [7, 11) is 1.56. The fraction of sp³-hybridized carbons (Fsp3) is 0.333. The molecule has 1 N–H and O–H groups in total. The number of aryl methyl sites for hydroxylation is 1. The topological polar surface area (TPSA) is 67.9 Å². The molecule has 0 aliphatic rings. The van der Waals surface area contributed by atoms with Crippen molar-refractivity contribution in [3.8, 4) is 11.5 Å². The van der Waals surface area contributed by atoms with E-state index < -0.39 is 11.6 Å². The molecule has 0 fully saturated rings. The number of rotatable bonds is 10. The zero-order valence-electron chi connectivity index (χ0n) is 21.8. The van der Waals surface area contributed by atoms with Crippen LogP contribution in [0.5, 0.6) is 11.5 Å². The highest BCUT2D eigenvalue weighted by Crippen LogP contribution is 2.26. The molecule has 0 spiro atoms. The van der Waals surface area contributed by atoms with Crippen molar-refractivity contribution in [3.05, 3.63) is 95.6 Å². The molecule has 6 heteroatoms. The van der Waals surface area contributed by atoms with Crippen LogP contribution in [0.2, 0.25) is 0 Å². The zero-order valence-corrected chi connectivity index (χ0v) is 21.8. The van der Waals surface area contributed by atoms with Crippen LogP contribution in [0.25, 0.3) is 0 Å². The van der Waals surface area contributed by atoms with Crippen LogP contribution in [-0.2, 0) is 22.6 Å². The Morgan fingerprint density at radius 3 is 2.14 bits per heavy atom. The van der Waals surface area contributed by atoms with E-state index in [1.807, 2.05) is 94.4 Å². The minimum atomic E-state index is -0.722. The number of benzene rings is 3. The molecule has 1 atom stereocenters. The van der Waals surface area contributed by atoms with Crippen LogP contribution in [-0.4, -0.2) is 42.0 Å². The second-order valence-corrected chi connectivity index (χ2v) is 9.83. The van der Waals surface area contributed by atoms with Gasteiger partial charge in [-0.2, -0.15) is 0 Å². The predicted octanol–water partition coefficient (Wildman–Crippen LogP) is 4.94. The number of amides is 2. The lowest BCUT2D eigenvalue weighted by molar-refractivity contribution is -0.143. The zero-order chi connectivity index (χ0) is 26.1. The second-order valence-electron chi connectivity index (χ2n) is 9.83. The standard InChI is InChI=1S/C30H36N2O4/c1-22-13-9-10-16-24(22)20-32(28(33)21-36-27-18-12-11-17-26(27)35-5)25(29(34)31-30(2,3)4)19-23-14-7-6-8-15-23/h6-18,25H,19-21H2,1-5H3,(H,31,34)/t25-/m1/s1. The highest BCUT2D eigenvalue weighted by molar-refractivity contribution is 5.89. The van der Waals surface area contributed by atoms with Gasteiger partial charge >= 0.3 is 0 Å². The molecule has 3 aromatic rings. The maximum atomic E-state index is 13.7. The first-order valence-electron chi connectivity index (χ1n) is 12.1. The molecule has 0 unspecified atom stereocenters. The Hall–Kier alpha value is -3.80. The first kappa shape index (κ1) is 26.8. The summed E-state index contributed by atoms with van der Waals surface area (Å²) in [5.41, 5.74) is 2.55. The Kier molecular flexibility index (Phi) is 9.12. The first-order chi connectivity index (χ1) is 17.2. The molecule has 0 aliphatic carbocycles. The van der Waals surface area contributed by atoms with Crippen LogP contribution in [0.4, 0.5) is 0 Å². The summed E-state index contributed by atoms with van der Waals surface area (Å²) < 4.78 is 11.2. The van der Waals surface area contributed by atoms with Gasteiger partial charge in [0.2, 0.25) is 5.91 Å². The molecule has 190 valence electrons. The normalized spacial score (nSPS) is 11.9. The van der Waals surface area contributed by atoms with Gasteiger partial charge in [-0.05, 0) is 56.5 Å². The Bertz CT molecular complexity index is 1150. The molecule has 3 rings (SSSR count).